The molecule has 0 spiro atoms. The van der Waals surface area contributed by atoms with Crippen molar-refractivity contribution >= 4 is 5.78 Å². The van der Waals surface area contributed by atoms with Crippen LogP contribution in [0.25, 0.3) is 0 Å². The van der Waals surface area contributed by atoms with Crippen molar-refractivity contribution < 1.29 is 14.3 Å². The zero-order chi connectivity index (χ0) is 13.6. The van der Waals surface area contributed by atoms with E-state index >= 15 is 0 Å². The topological polar surface area (TPSA) is 35.5 Å². The quantitative estimate of drug-likeness (QED) is 0.701. The molecule has 0 bridgehead atoms. The SMILES string of the molecule is CCOC1(C(=O)C(C)CCOC)CCC(C)CC1. The Hall–Kier alpha value is -0.410. The lowest BCUT2D eigenvalue weighted by atomic mass is 9.74. The molecule has 1 aliphatic carbocycles. The number of rotatable bonds is 7. The molecule has 0 amide bonds. The molecule has 106 valence electrons. The lowest BCUT2D eigenvalue weighted by Crippen LogP contribution is -2.47. The molecular weight excluding hydrogens is 228 g/mol. The predicted octanol–water partition coefficient (Wildman–Crippen LogP) is 3.21. The molecular formula is C15H28O3. The van der Waals surface area contributed by atoms with E-state index in [0.29, 0.717) is 13.2 Å². The summed E-state index contributed by atoms with van der Waals surface area (Å²) < 4.78 is 11.0. The van der Waals surface area contributed by atoms with Gasteiger partial charge in [-0.2, -0.15) is 0 Å². The summed E-state index contributed by atoms with van der Waals surface area (Å²) >= 11 is 0. The summed E-state index contributed by atoms with van der Waals surface area (Å²) in [7, 11) is 1.68. The van der Waals surface area contributed by atoms with Crippen molar-refractivity contribution in [3.05, 3.63) is 0 Å². The van der Waals surface area contributed by atoms with E-state index in [4.69, 9.17) is 9.47 Å². The number of hydrogen-bond acceptors (Lipinski definition) is 3. The number of carbonyl (C=O) groups is 1. The Balaban J connectivity index is 2.68. The average Bonchev–Trinajstić information content (AvgIpc) is 2.38. The van der Waals surface area contributed by atoms with Gasteiger partial charge in [0.2, 0.25) is 0 Å². The highest BCUT2D eigenvalue weighted by Gasteiger charge is 2.43. The molecule has 0 N–H and O–H groups in total. The van der Waals surface area contributed by atoms with Gasteiger partial charge < -0.3 is 9.47 Å². The van der Waals surface area contributed by atoms with E-state index in [1.54, 1.807) is 7.11 Å². The Labute approximate surface area is 111 Å². The normalized spacial score (nSPS) is 30.1. The molecule has 0 aromatic heterocycles. The van der Waals surface area contributed by atoms with Crippen LogP contribution in [0.2, 0.25) is 0 Å². The number of methoxy groups -OCH3 is 1. The predicted molar refractivity (Wildman–Crippen MR) is 72.7 cm³/mol. The fourth-order valence-electron chi connectivity index (χ4n) is 2.84. The van der Waals surface area contributed by atoms with E-state index in [-0.39, 0.29) is 11.7 Å². The van der Waals surface area contributed by atoms with Crippen LogP contribution in [0, 0.1) is 11.8 Å². The van der Waals surface area contributed by atoms with Crippen molar-refractivity contribution in [1.29, 1.82) is 0 Å². The fourth-order valence-corrected chi connectivity index (χ4v) is 2.84. The van der Waals surface area contributed by atoms with Gasteiger partial charge in [0.05, 0.1) is 0 Å². The van der Waals surface area contributed by atoms with Gasteiger partial charge in [0.15, 0.2) is 5.78 Å². The second-order valence-electron chi connectivity index (χ2n) is 5.66. The van der Waals surface area contributed by atoms with Crippen LogP contribution in [-0.4, -0.2) is 31.7 Å². The van der Waals surface area contributed by atoms with Gasteiger partial charge in [0.25, 0.3) is 0 Å². The summed E-state index contributed by atoms with van der Waals surface area (Å²) in [5.41, 5.74) is -0.506. The van der Waals surface area contributed by atoms with Crippen molar-refractivity contribution in [3.8, 4) is 0 Å². The van der Waals surface area contributed by atoms with Gasteiger partial charge in [-0.3, -0.25) is 4.79 Å². The lowest BCUT2D eigenvalue weighted by molar-refractivity contribution is -0.154. The first-order valence-electron chi connectivity index (χ1n) is 7.23. The summed E-state index contributed by atoms with van der Waals surface area (Å²) in [4.78, 5) is 12.6. The standard InChI is InChI=1S/C15H28O3/c1-5-18-15(9-6-12(2)7-10-15)14(16)13(3)8-11-17-4/h12-13H,5-11H2,1-4H3. The molecule has 1 aliphatic rings. The largest absolute Gasteiger partial charge is 0.385 e. The summed E-state index contributed by atoms with van der Waals surface area (Å²) in [5, 5.41) is 0. The Kier molecular flexibility index (Phi) is 6.30. The first-order valence-corrected chi connectivity index (χ1v) is 7.23. The highest BCUT2D eigenvalue weighted by atomic mass is 16.5. The molecule has 3 heteroatoms. The molecule has 0 radical (unpaired) electrons. The Bertz CT molecular complexity index is 254. The van der Waals surface area contributed by atoms with Crippen molar-refractivity contribution in [2.75, 3.05) is 20.3 Å². The van der Waals surface area contributed by atoms with E-state index in [9.17, 15) is 4.79 Å². The first kappa shape index (κ1) is 15.6. The molecule has 3 nitrogen and oxygen atoms in total. The molecule has 18 heavy (non-hydrogen) atoms. The highest BCUT2D eigenvalue weighted by Crippen LogP contribution is 2.37. The highest BCUT2D eigenvalue weighted by molar-refractivity contribution is 5.89. The second kappa shape index (κ2) is 7.25. The van der Waals surface area contributed by atoms with Gasteiger partial charge in [0.1, 0.15) is 5.60 Å². The number of hydrogen-bond donors (Lipinski definition) is 0. The van der Waals surface area contributed by atoms with Gasteiger partial charge in [-0.05, 0) is 44.9 Å². The third-order valence-electron chi connectivity index (χ3n) is 4.15. The van der Waals surface area contributed by atoms with Gasteiger partial charge >= 0.3 is 0 Å². The smallest absolute Gasteiger partial charge is 0.167 e. The zero-order valence-electron chi connectivity index (χ0n) is 12.3. The Morgan fingerprint density at radius 1 is 1.39 bits per heavy atom. The summed E-state index contributed by atoms with van der Waals surface area (Å²) in [5.74, 6) is 1.04. The zero-order valence-corrected chi connectivity index (χ0v) is 12.3. The maximum Gasteiger partial charge on any atom is 0.167 e. The van der Waals surface area contributed by atoms with Crippen LogP contribution in [0.3, 0.4) is 0 Å². The minimum atomic E-state index is -0.506. The van der Waals surface area contributed by atoms with E-state index in [0.717, 1.165) is 38.0 Å². The van der Waals surface area contributed by atoms with Gasteiger partial charge in [-0.1, -0.05) is 13.8 Å². The molecule has 1 saturated carbocycles. The van der Waals surface area contributed by atoms with Crippen LogP contribution >= 0.6 is 0 Å². The van der Waals surface area contributed by atoms with Crippen molar-refractivity contribution in [1.82, 2.24) is 0 Å². The van der Waals surface area contributed by atoms with Crippen LogP contribution in [0.1, 0.15) is 52.9 Å². The van der Waals surface area contributed by atoms with Crippen molar-refractivity contribution in [3.63, 3.8) is 0 Å². The van der Waals surface area contributed by atoms with Gasteiger partial charge in [0, 0.05) is 26.2 Å². The minimum absolute atomic E-state index is 0.0323. The lowest BCUT2D eigenvalue weighted by Gasteiger charge is -2.39. The monoisotopic (exact) mass is 256 g/mol. The van der Waals surface area contributed by atoms with Crippen LogP contribution in [0.15, 0.2) is 0 Å². The Morgan fingerprint density at radius 2 is 2.00 bits per heavy atom. The molecule has 0 aromatic rings. The molecule has 0 aliphatic heterocycles. The maximum absolute atomic E-state index is 12.6. The fraction of sp³-hybridized carbons (Fsp3) is 0.933. The minimum Gasteiger partial charge on any atom is -0.385 e. The van der Waals surface area contributed by atoms with Crippen LogP contribution in [0.4, 0.5) is 0 Å². The molecule has 0 saturated heterocycles. The van der Waals surface area contributed by atoms with E-state index in [1.165, 1.54) is 0 Å². The third kappa shape index (κ3) is 3.79. The van der Waals surface area contributed by atoms with Crippen LogP contribution < -0.4 is 0 Å². The molecule has 0 aromatic carbocycles. The van der Waals surface area contributed by atoms with Crippen LogP contribution in [0.5, 0.6) is 0 Å². The number of carbonyl (C=O) groups excluding carboxylic acids is 1. The Morgan fingerprint density at radius 3 is 2.50 bits per heavy atom. The first-order chi connectivity index (χ1) is 8.55. The third-order valence-corrected chi connectivity index (χ3v) is 4.15. The number of ether oxygens (including phenoxy) is 2. The summed E-state index contributed by atoms with van der Waals surface area (Å²) in [6.07, 6.45) is 4.77. The summed E-state index contributed by atoms with van der Waals surface area (Å²) in [6, 6.07) is 0. The van der Waals surface area contributed by atoms with E-state index in [2.05, 4.69) is 6.92 Å². The van der Waals surface area contributed by atoms with Crippen molar-refractivity contribution in [2.24, 2.45) is 11.8 Å². The van der Waals surface area contributed by atoms with Gasteiger partial charge in [-0.15, -0.1) is 0 Å². The maximum atomic E-state index is 12.6. The molecule has 0 heterocycles. The summed E-state index contributed by atoms with van der Waals surface area (Å²) in [6.45, 7) is 7.50. The van der Waals surface area contributed by atoms with Gasteiger partial charge in [-0.25, -0.2) is 0 Å². The number of ketones is 1. The molecule has 1 unspecified atom stereocenters. The van der Waals surface area contributed by atoms with Crippen LogP contribution in [-0.2, 0) is 14.3 Å². The number of Topliss-reactive ketones (excluding diaryl/α,β-unsaturated/α-hetero) is 1. The van der Waals surface area contributed by atoms with E-state index in [1.807, 2.05) is 13.8 Å². The van der Waals surface area contributed by atoms with Crippen molar-refractivity contribution in [2.45, 2.75) is 58.5 Å². The molecule has 1 rings (SSSR count). The molecule has 1 atom stereocenters. The average molecular weight is 256 g/mol. The second-order valence-corrected chi connectivity index (χ2v) is 5.66. The van der Waals surface area contributed by atoms with E-state index < -0.39 is 5.60 Å². The molecule has 1 fully saturated rings.